The van der Waals surface area contributed by atoms with Crippen molar-refractivity contribution in [2.45, 2.75) is 13.8 Å². The van der Waals surface area contributed by atoms with E-state index in [0.717, 1.165) is 6.07 Å². The number of amides is 1. The molecule has 21 heavy (non-hydrogen) atoms. The van der Waals surface area contributed by atoms with Gasteiger partial charge in [0.1, 0.15) is 5.56 Å². The summed E-state index contributed by atoms with van der Waals surface area (Å²) in [5.74, 6) is -2.13. The zero-order chi connectivity index (χ0) is 16.0. The molecule has 0 saturated heterocycles. The van der Waals surface area contributed by atoms with E-state index in [9.17, 15) is 19.7 Å². The number of carbonyl (C=O) groups excluding carboxylic acids is 1. The van der Waals surface area contributed by atoms with Crippen LogP contribution in [0.3, 0.4) is 0 Å². The predicted octanol–water partition coefficient (Wildman–Crippen LogP) is 1.54. The Labute approximate surface area is 121 Å². The molecule has 8 nitrogen and oxygen atoms in total. The lowest BCUT2D eigenvalue weighted by Crippen LogP contribution is -2.34. The zero-order valence-corrected chi connectivity index (χ0v) is 11.7. The molecule has 0 aliphatic rings. The monoisotopic (exact) mass is 296 g/mol. The predicted molar refractivity (Wildman–Crippen MR) is 73.5 cm³/mol. The van der Waals surface area contributed by atoms with Gasteiger partial charge in [-0.25, -0.2) is 4.79 Å². The van der Waals surface area contributed by atoms with Crippen LogP contribution >= 0.6 is 0 Å². The Hall–Kier alpha value is -2.64. The number of nitrogens with zero attached hydrogens (tertiary/aromatic N) is 2. The molecule has 114 valence electrons. The molecule has 0 unspecified atom stereocenters. The van der Waals surface area contributed by atoms with Gasteiger partial charge < -0.3 is 14.7 Å². The van der Waals surface area contributed by atoms with Gasteiger partial charge in [0.25, 0.3) is 5.91 Å². The summed E-state index contributed by atoms with van der Waals surface area (Å²) in [6.45, 7) is 4.07. The number of ether oxygens (including phenoxy) is 1. The van der Waals surface area contributed by atoms with Crippen LogP contribution in [0.5, 0.6) is 5.75 Å². The average Bonchev–Trinajstić information content (AvgIpc) is 2.45. The zero-order valence-electron chi connectivity index (χ0n) is 11.7. The molecule has 0 spiro atoms. The number of benzene rings is 1. The Balaban J connectivity index is 3.03. The summed E-state index contributed by atoms with van der Waals surface area (Å²) in [5, 5.41) is 20.0. The van der Waals surface area contributed by atoms with Crippen LogP contribution in [0.4, 0.5) is 5.69 Å². The normalized spacial score (nSPS) is 10.0. The third-order valence-electron chi connectivity index (χ3n) is 2.88. The molecule has 0 aliphatic heterocycles. The lowest BCUT2D eigenvalue weighted by molar-refractivity contribution is -0.385. The number of aromatic carboxylic acids is 1. The average molecular weight is 296 g/mol. The molecule has 0 radical (unpaired) electrons. The van der Waals surface area contributed by atoms with Crippen LogP contribution in [0.15, 0.2) is 18.2 Å². The molecule has 1 aromatic carbocycles. The van der Waals surface area contributed by atoms with Crippen molar-refractivity contribution in [2.24, 2.45) is 0 Å². The summed E-state index contributed by atoms with van der Waals surface area (Å²) < 4.78 is 5.12. The van der Waals surface area contributed by atoms with Gasteiger partial charge in [-0.3, -0.25) is 14.9 Å². The van der Waals surface area contributed by atoms with Crippen LogP contribution in [0.1, 0.15) is 24.2 Å². The number of nitro benzene ring substituents is 1. The Morgan fingerprint density at radius 3 is 2.43 bits per heavy atom. The highest BCUT2D eigenvalue weighted by atomic mass is 16.6. The van der Waals surface area contributed by atoms with Gasteiger partial charge in [0, 0.05) is 19.2 Å². The smallest absolute Gasteiger partial charge is 0.339 e. The number of hydrogen-bond acceptors (Lipinski definition) is 5. The van der Waals surface area contributed by atoms with Crippen LogP contribution in [-0.2, 0) is 4.79 Å². The van der Waals surface area contributed by atoms with Crippen LogP contribution in [0, 0.1) is 10.1 Å². The fraction of sp³-hybridized carbons (Fsp3) is 0.385. The number of carboxylic acids is 1. The minimum absolute atomic E-state index is 0.350. The van der Waals surface area contributed by atoms with E-state index in [1.807, 2.05) is 0 Å². The van der Waals surface area contributed by atoms with Crippen LogP contribution in [0.25, 0.3) is 0 Å². The van der Waals surface area contributed by atoms with Crippen molar-refractivity contribution >= 4 is 17.6 Å². The molecule has 0 aromatic heterocycles. The first-order valence-corrected chi connectivity index (χ1v) is 6.33. The van der Waals surface area contributed by atoms with E-state index in [-0.39, 0.29) is 11.5 Å². The topological polar surface area (TPSA) is 110 Å². The summed E-state index contributed by atoms with van der Waals surface area (Å²) in [6.07, 6.45) is 0. The van der Waals surface area contributed by atoms with Crippen molar-refractivity contribution in [3.63, 3.8) is 0 Å². The summed E-state index contributed by atoms with van der Waals surface area (Å²) in [5.41, 5.74) is -0.834. The maximum atomic E-state index is 11.8. The van der Waals surface area contributed by atoms with E-state index in [0.29, 0.717) is 13.1 Å². The minimum Gasteiger partial charge on any atom is -0.478 e. The van der Waals surface area contributed by atoms with Gasteiger partial charge in [-0.15, -0.1) is 0 Å². The Morgan fingerprint density at radius 2 is 1.95 bits per heavy atom. The fourth-order valence-corrected chi connectivity index (χ4v) is 1.79. The maximum absolute atomic E-state index is 11.8. The Bertz CT molecular complexity index is 521. The third kappa shape index (κ3) is 3.91. The van der Waals surface area contributed by atoms with Gasteiger partial charge in [0.05, 0.1) is 4.92 Å². The number of carboxylic acid groups (broad SMARTS) is 1. The van der Waals surface area contributed by atoms with Gasteiger partial charge in [0.15, 0.2) is 6.61 Å². The summed E-state index contributed by atoms with van der Waals surface area (Å²) >= 11 is 0. The second-order valence-corrected chi connectivity index (χ2v) is 4.07. The molecule has 0 aliphatic carbocycles. The number of carbonyl (C=O) groups is 2. The van der Waals surface area contributed by atoms with E-state index < -0.39 is 28.9 Å². The summed E-state index contributed by atoms with van der Waals surface area (Å²) in [4.78, 5) is 34.6. The van der Waals surface area contributed by atoms with Crippen LogP contribution in [0.2, 0.25) is 0 Å². The highest BCUT2D eigenvalue weighted by molar-refractivity contribution is 5.92. The standard InChI is InChI=1S/C13H16N2O6/c1-3-14(4-2)11(16)8-21-12-9(13(17)18)6-5-7-10(12)15(19)20/h5-7H,3-4,8H2,1-2H3,(H,17,18). The van der Waals surface area contributed by atoms with E-state index in [4.69, 9.17) is 9.84 Å². The molecule has 0 bridgehead atoms. The van der Waals surface area contributed by atoms with Crippen molar-refractivity contribution in [1.29, 1.82) is 0 Å². The van der Waals surface area contributed by atoms with Crippen LogP contribution in [-0.4, -0.2) is 46.5 Å². The van der Waals surface area contributed by atoms with Crippen molar-refractivity contribution in [2.75, 3.05) is 19.7 Å². The lowest BCUT2D eigenvalue weighted by atomic mass is 10.1. The van der Waals surface area contributed by atoms with Crippen molar-refractivity contribution in [3.05, 3.63) is 33.9 Å². The second-order valence-electron chi connectivity index (χ2n) is 4.07. The van der Waals surface area contributed by atoms with E-state index in [2.05, 4.69) is 0 Å². The van der Waals surface area contributed by atoms with Gasteiger partial charge in [-0.1, -0.05) is 6.07 Å². The molecule has 1 N–H and O–H groups in total. The highest BCUT2D eigenvalue weighted by Gasteiger charge is 2.24. The second kappa shape index (κ2) is 7.22. The van der Waals surface area contributed by atoms with Crippen molar-refractivity contribution in [3.8, 4) is 5.75 Å². The Kier molecular flexibility index (Phi) is 5.65. The lowest BCUT2D eigenvalue weighted by Gasteiger charge is -2.18. The largest absolute Gasteiger partial charge is 0.478 e. The van der Waals surface area contributed by atoms with E-state index >= 15 is 0 Å². The fourth-order valence-electron chi connectivity index (χ4n) is 1.79. The Morgan fingerprint density at radius 1 is 1.33 bits per heavy atom. The molecule has 0 fully saturated rings. The molecule has 1 amide bonds. The number of para-hydroxylation sites is 1. The first-order chi connectivity index (χ1) is 9.92. The SMILES string of the molecule is CCN(CC)C(=O)COc1c(C(=O)O)cccc1[N+](=O)[O-]. The first-order valence-electron chi connectivity index (χ1n) is 6.33. The quantitative estimate of drug-likeness (QED) is 0.603. The van der Waals surface area contributed by atoms with Gasteiger partial charge in [0.2, 0.25) is 5.75 Å². The van der Waals surface area contributed by atoms with Crippen molar-refractivity contribution < 1.29 is 24.4 Å². The van der Waals surface area contributed by atoms with E-state index in [1.54, 1.807) is 13.8 Å². The number of rotatable bonds is 7. The van der Waals surface area contributed by atoms with Gasteiger partial charge in [-0.05, 0) is 19.9 Å². The number of hydrogen-bond donors (Lipinski definition) is 1. The minimum atomic E-state index is -1.36. The molecule has 0 saturated carbocycles. The molecule has 1 aromatic rings. The van der Waals surface area contributed by atoms with Crippen LogP contribution < -0.4 is 4.74 Å². The van der Waals surface area contributed by atoms with Gasteiger partial charge in [-0.2, -0.15) is 0 Å². The molecule has 0 heterocycles. The van der Waals surface area contributed by atoms with E-state index in [1.165, 1.54) is 17.0 Å². The number of likely N-dealkylation sites (N-methyl/N-ethyl adjacent to an activating group) is 1. The maximum Gasteiger partial charge on any atom is 0.339 e. The molecular weight excluding hydrogens is 280 g/mol. The van der Waals surface area contributed by atoms with Gasteiger partial charge >= 0.3 is 11.7 Å². The molecular formula is C13H16N2O6. The van der Waals surface area contributed by atoms with Crippen molar-refractivity contribution in [1.82, 2.24) is 4.90 Å². The first kappa shape index (κ1) is 16.4. The number of nitro groups is 1. The summed E-state index contributed by atoms with van der Waals surface area (Å²) in [7, 11) is 0. The third-order valence-corrected chi connectivity index (χ3v) is 2.88. The molecule has 0 atom stereocenters. The highest BCUT2D eigenvalue weighted by Crippen LogP contribution is 2.30. The molecule has 8 heteroatoms. The summed E-state index contributed by atoms with van der Waals surface area (Å²) in [6, 6.07) is 3.57. The molecule has 1 rings (SSSR count).